The zero-order valence-electron chi connectivity index (χ0n) is 19.6. The number of ether oxygens (including phenoxy) is 2. The van der Waals surface area contributed by atoms with Crippen molar-refractivity contribution in [2.45, 2.75) is 18.9 Å². The number of hydrogen-bond donors (Lipinski definition) is 2. The van der Waals surface area contributed by atoms with Gasteiger partial charge in [0.2, 0.25) is 11.9 Å². The van der Waals surface area contributed by atoms with Crippen molar-refractivity contribution in [2.75, 3.05) is 44.5 Å². The van der Waals surface area contributed by atoms with Gasteiger partial charge in [-0.2, -0.15) is 0 Å². The summed E-state index contributed by atoms with van der Waals surface area (Å²) in [6.45, 7) is 1.74. The molecule has 0 aliphatic carbocycles. The fourth-order valence-corrected chi connectivity index (χ4v) is 3.72. The predicted molar refractivity (Wildman–Crippen MR) is 135 cm³/mol. The van der Waals surface area contributed by atoms with E-state index in [9.17, 15) is 9.18 Å². The maximum absolute atomic E-state index is 13.5. The average molecular weight is 500 g/mol. The van der Waals surface area contributed by atoms with E-state index in [0.29, 0.717) is 47.1 Å². The van der Waals surface area contributed by atoms with Crippen LogP contribution in [0.2, 0.25) is 5.02 Å². The van der Waals surface area contributed by atoms with Gasteiger partial charge in [-0.25, -0.2) is 14.4 Å². The SMILES string of the molecule is CN(C)CC=CC(=O)Nc1cc2cnc(Nc3ccc(F)c(Cl)c3)nc2cc1OC[C@H]1CCCO1. The van der Waals surface area contributed by atoms with Crippen molar-refractivity contribution in [2.24, 2.45) is 0 Å². The first-order valence-corrected chi connectivity index (χ1v) is 11.6. The number of carbonyl (C=O) groups is 1. The molecule has 0 spiro atoms. The van der Waals surface area contributed by atoms with E-state index in [1.54, 1.807) is 30.5 Å². The van der Waals surface area contributed by atoms with E-state index in [4.69, 9.17) is 21.1 Å². The Kier molecular flexibility index (Phi) is 8.12. The van der Waals surface area contributed by atoms with Crippen molar-refractivity contribution in [1.29, 1.82) is 0 Å². The van der Waals surface area contributed by atoms with Crippen molar-refractivity contribution < 1.29 is 18.7 Å². The monoisotopic (exact) mass is 499 g/mol. The van der Waals surface area contributed by atoms with E-state index in [-0.39, 0.29) is 17.0 Å². The van der Waals surface area contributed by atoms with Crippen molar-refractivity contribution in [3.05, 3.63) is 59.5 Å². The van der Waals surface area contributed by atoms with Crippen molar-refractivity contribution in [3.63, 3.8) is 0 Å². The Morgan fingerprint density at radius 3 is 2.94 bits per heavy atom. The maximum Gasteiger partial charge on any atom is 0.248 e. The van der Waals surface area contributed by atoms with Crippen LogP contribution in [-0.2, 0) is 9.53 Å². The number of fused-ring (bicyclic) bond motifs is 1. The van der Waals surface area contributed by atoms with Crippen molar-refractivity contribution in [3.8, 4) is 5.75 Å². The number of nitrogens with one attached hydrogen (secondary N) is 2. The lowest BCUT2D eigenvalue weighted by Gasteiger charge is -2.16. The molecule has 1 saturated heterocycles. The Bertz CT molecular complexity index is 1230. The number of anilines is 3. The van der Waals surface area contributed by atoms with Gasteiger partial charge in [0.1, 0.15) is 18.2 Å². The van der Waals surface area contributed by atoms with Crippen LogP contribution >= 0.6 is 11.6 Å². The van der Waals surface area contributed by atoms with Crippen LogP contribution in [0.25, 0.3) is 10.9 Å². The number of amides is 1. The lowest BCUT2D eigenvalue weighted by Crippen LogP contribution is -2.18. The summed E-state index contributed by atoms with van der Waals surface area (Å²) in [6, 6.07) is 7.81. The predicted octanol–water partition coefficient (Wildman–Crippen LogP) is 4.78. The Hall–Kier alpha value is -3.27. The minimum Gasteiger partial charge on any atom is -0.489 e. The summed E-state index contributed by atoms with van der Waals surface area (Å²) >= 11 is 5.87. The van der Waals surface area contributed by atoms with Crippen LogP contribution in [0.15, 0.2) is 48.7 Å². The molecule has 10 heteroatoms. The molecule has 1 aliphatic heterocycles. The lowest BCUT2D eigenvalue weighted by molar-refractivity contribution is -0.111. The van der Waals surface area contributed by atoms with Gasteiger partial charge in [-0.05, 0) is 51.2 Å². The minimum absolute atomic E-state index is 0.000576. The molecule has 1 aliphatic rings. The molecule has 1 amide bonds. The number of halogens is 2. The van der Waals surface area contributed by atoms with E-state index >= 15 is 0 Å². The summed E-state index contributed by atoms with van der Waals surface area (Å²) in [7, 11) is 3.85. The van der Waals surface area contributed by atoms with Gasteiger partial charge in [0.15, 0.2) is 0 Å². The summed E-state index contributed by atoms with van der Waals surface area (Å²) in [5, 5.41) is 6.62. The topological polar surface area (TPSA) is 88.6 Å². The second kappa shape index (κ2) is 11.4. The average Bonchev–Trinajstić information content (AvgIpc) is 3.34. The Balaban J connectivity index is 1.58. The van der Waals surface area contributed by atoms with Crippen LogP contribution in [0, 0.1) is 5.82 Å². The smallest absolute Gasteiger partial charge is 0.248 e. The van der Waals surface area contributed by atoms with E-state index in [1.807, 2.05) is 19.0 Å². The second-order valence-corrected chi connectivity index (χ2v) is 8.86. The molecule has 1 fully saturated rings. The third kappa shape index (κ3) is 6.88. The van der Waals surface area contributed by atoms with Gasteiger partial charge in [-0.15, -0.1) is 0 Å². The van der Waals surface area contributed by atoms with Crippen LogP contribution in [0.1, 0.15) is 12.8 Å². The fourth-order valence-electron chi connectivity index (χ4n) is 3.54. The number of hydrogen-bond acceptors (Lipinski definition) is 7. The van der Waals surface area contributed by atoms with E-state index in [2.05, 4.69) is 20.6 Å². The number of rotatable bonds is 9. The molecule has 184 valence electrons. The highest BCUT2D eigenvalue weighted by atomic mass is 35.5. The van der Waals surface area contributed by atoms with Gasteiger partial charge < -0.3 is 25.0 Å². The Morgan fingerprint density at radius 1 is 1.34 bits per heavy atom. The molecule has 0 bridgehead atoms. The second-order valence-electron chi connectivity index (χ2n) is 8.45. The number of carbonyl (C=O) groups excluding carboxylic acids is 1. The molecule has 0 unspecified atom stereocenters. The van der Waals surface area contributed by atoms with Crippen LogP contribution in [0.4, 0.5) is 21.7 Å². The largest absolute Gasteiger partial charge is 0.489 e. The summed E-state index contributed by atoms with van der Waals surface area (Å²) in [5.74, 6) is 0.0295. The van der Waals surface area contributed by atoms with Crippen LogP contribution in [0.5, 0.6) is 5.75 Å². The molecule has 4 rings (SSSR count). The highest BCUT2D eigenvalue weighted by Crippen LogP contribution is 2.31. The van der Waals surface area contributed by atoms with Crippen LogP contribution in [-0.4, -0.2) is 60.7 Å². The molecule has 0 radical (unpaired) electrons. The number of nitrogens with zero attached hydrogens (tertiary/aromatic N) is 3. The van der Waals surface area contributed by atoms with Crippen LogP contribution in [0.3, 0.4) is 0 Å². The number of benzene rings is 2. The molecule has 8 nitrogen and oxygen atoms in total. The Labute approximate surface area is 208 Å². The van der Waals surface area contributed by atoms with Gasteiger partial charge in [-0.1, -0.05) is 17.7 Å². The molecule has 3 aromatic rings. The zero-order valence-corrected chi connectivity index (χ0v) is 20.3. The van der Waals surface area contributed by atoms with E-state index in [1.165, 1.54) is 18.2 Å². The van der Waals surface area contributed by atoms with E-state index < -0.39 is 5.82 Å². The van der Waals surface area contributed by atoms with Crippen molar-refractivity contribution in [1.82, 2.24) is 14.9 Å². The molecule has 0 saturated carbocycles. The molecule has 2 aromatic carbocycles. The van der Waals surface area contributed by atoms with E-state index in [0.717, 1.165) is 19.4 Å². The lowest BCUT2D eigenvalue weighted by atomic mass is 10.2. The molecule has 2 N–H and O–H groups in total. The molecule has 1 atom stereocenters. The molecule has 2 heterocycles. The first kappa shape index (κ1) is 24.8. The molecule has 35 heavy (non-hydrogen) atoms. The third-order valence-electron chi connectivity index (χ3n) is 5.30. The van der Waals surface area contributed by atoms with Gasteiger partial charge in [0.05, 0.1) is 22.3 Å². The fraction of sp³-hybridized carbons (Fsp3) is 0.320. The quantitative estimate of drug-likeness (QED) is 0.409. The molecule has 1 aromatic heterocycles. The molecular formula is C25H27ClFN5O3. The summed E-state index contributed by atoms with van der Waals surface area (Å²) in [6.07, 6.45) is 6.86. The van der Waals surface area contributed by atoms with Gasteiger partial charge in [0, 0.05) is 42.6 Å². The highest BCUT2D eigenvalue weighted by Gasteiger charge is 2.18. The van der Waals surface area contributed by atoms with Gasteiger partial charge in [0.25, 0.3) is 0 Å². The minimum atomic E-state index is -0.504. The molecular weight excluding hydrogens is 473 g/mol. The van der Waals surface area contributed by atoms with Gasteiger partial charge >= 0.3 is 0 Å². The highest BCUT2D eigenvalue weighted by molar-refractivity contribution is 6.31. The van der Waals surface area contributed by atoms with Gasteiger partial charge in [-0.3, -0.25) is 4.79 Å². The summed E-state index contributed by atoms with van der Waals surface area (Å²) in [4.78, 5) is 23.3. The third-order valence-corrected chi connectivity index (χ3v) is 5.59. The standard InChI is InChI=1S/C25H27ClFN5O3/c1-32(2)9-3-6-24(33)30-22-11-16-14-28-25(29-17-7-8-20(27)19(26)12-17)31-21(16)13-23(22)35-15-18-5-4-10-34-18/h3,6-8,11-14,18H,4-5,9-10,15H2,1-2H3,(H,30,33)(H,28,29,31)/t18-/m1/s1. The summed E-state index contributed by atoms with van der Waals surface area (Å²) < 4.78 is 25.2. The van der Waals surface area contributed by atoms with Crippen molar-refractivity contribution >= 4 is 45.7 Å². The summed E-state index contributed by atoms with van der Waals surface area (Å²) in [5.41, 5.74) is 1.68. The first-order chi connectivity index (χ1) is 16.9. The van der Waals surface area contributed by atoms with Crippen LogP contribution < -0.4 is 15.4 Å². The maximum atomic E-state index is 13.5. The Morgan fingerprint density at radius 2 is 2.20 bits per heavy atom. The normalized spacial score (nSPS) is 15.7. The zero-order chi connectivity index (χ0) is 24.8. The number of aromatic nitrogens is 2. The number of likely N-dealkylation sites (N-methyl/N-ethyl adjacent to an activating group) is 1. The first-order valence-electron chi connectivity index (χ1n) is 11.3.